The molecule has 0 amide bonds. The third-order valence-corrected chi connectivity index (χ3v) is 6.14. The van der Waals surface area contributed by atoms with Crippen LogP contribution in [0, 0.1) is 12.8 Å². The zero-order valence-electron chi connectivity index (χ0n) is 15.3. The number of allylic oxidation sites excluding steroid dienone is 2. The Balaban J connectivity index is 1.80. The van der Waals surface area contributed by atoms with Crippen molar-refractivity contribution in [1.82, 2.24) is 0 Å². The molecule has 0 saturated heterocycles. The van der Waals surface area contributed by atoms with E-state index in [1.165, 1.54) is 52.3 Å². The SMILES string of the molecule is C=C(C)c1ccccc1Sc1cc(NC(=C)C2CCCC2)ccc1C. The first-order valence-electron chi connectivity index (χ1n) is 9.04. The molecular weight excluding hydrogens is 322 g/mol. The average Bonchev–Trinajstić information content (AvgIpc) is 3.13. The zero-order chi connectivity index (χ0) is 17.8. The van der Waals surface area contributed by atoms with Crippen LogP contribution >= 0.6 is 11.8 Å². The van der Waals surface area contributed by atoms with Gasteiger partial charge in [-0.2, -0.15) is 0 Å². The Bertz CT molecular complexity index is 784. The second-order valence-electron chi connectivity index (χ2n) is 6.99. The summed E-state index contributed by atoms with van der Waals surface area (Å²) < 4.78 is 0. The van der Waals surface area contributed by atoms with Gasteiger partial charge in [-0.1, -0.05) is 62.0 Å². The number of benzene rings is 2. The largest absolute Gasteiger partial charge is 0.359 e. The maximum absolute atomic E-state index is 4.28. The number of nitrogens with one attached hydrogen (secondary N) is 1. The fourth-order valence-corrected chi connectivity index (χ4v) is 4.53. The molecule has 1 aliphatic rings. The van der Waals surface area contributed by atoms with Crippen LogP contribution in [0.25, 0.3) is 5.57 Å². The molecular formula is C23H27NS. The number of hydrogen-bond donors (Lipinski definition) is 1. The van der Waals surface area contributed by atoms with Gasteiger partial charge < -0.3 is 5.32 Å². The van der Waals surface area contributed by atoms with Gasteiger partial charge >= 0.3 is 0 Å². The van der Waals surface area contributed by atoms with Gasteiger partial charge in [0, 0.05) is 21.2 Å². The molecule has 1 nitrogen and oxygen atoms in total. The highest BCUT2D eigenvalue weighted by molar-refractivity contribution is 7.99. The molecule has 0 bridgehead atoms. The molecule has 0 aromatic heterocycles. The van der Waals surface area contributed by atoms with E-state index in [4.69, 9.17) is 0 Å². The number of anilines is 1. The molecule has 0 radical (unpaired) electrons. The molecule has 130 valence electrons. The Kier molecular flexibility index (Phi) is 5.70. The maximum Gasteiger partial charge on any atom is 0.0393 e. The summed E-state index contributed by atoms with van der Waals surface area (Å²) in [6.45, 7) is 12.6. The summed E-state index contributed by atoms with van der Waals surface area (Å²) in [5.74, 6) is 0.626. The van der Waals surface area contributed by atoms with Crippen molar-refractivity contribution in [1.29, 1.82) is 0 Å². The van der Waals surface area contributed by atoms with Crippen molar-refractivity contribution in [2.75, 3.05) is 5.32 Å². The standard InChI is InChI=1S/C23H27NS/c1-16(2)21-11-7-8-12-22(21)25-23-15-20(14-13-17(23)3)24-18(4)19-9-5-6-10-19/h7-8,11-15,19,24H,1,4-6,9-10H2,2-3H3. The van der Waals surface area contributed by atoms with Crippen molar-refractivity contribution >= 4 is 23.0 Å². The summed E-state index contributed by atoms with van der Waals surface area (Å²) in [5, 5.41) is 3.55. The van der Waals surface area contributed by atoms with Crippen LogP contribution in [0.5, 0.6) is 0 Å². The Hall–Kier alpha value is -1.93. The van der Waals surface area contributed by atoms with Crippen molar-refractivity contribution in [2.24, 2.45) is 5.92 Å². The van der Waals surface area contributed by atoms with Crippen molar-refractivity contribution in [2.45, 2.75) is 49.3 Å². The Labute approximate surface area is 156 Å². The minimum absolute atomic E-state index is 0.626. The highest BCUT2D eigenvalue weighted by atomic mass is 32.2. The van der Waals surface area contributed by atoms with Crippen LogP contribution < -0.4 is 5.32 Å². The van der Waals surface area contributed by atoms with Gasteiger partial charge in [-0.25, -0.2) is 0 Å². The molecule has 1 fully saturated rings. The van der Waals surface area contributed by atoms with Crippen LogP contribution in [-0.2, 0) is 0 Å². The summed E-state index contributed by atoms with van der Waals surface area (Å²) in [6, 6.07) is 15.1. The van der Waals surface area contributed by atoms with E-state index >= 15 is 0 Å². The second-order valence-corrected chi connectivity index (χ2v) is 8.07. The lowest BCUT2D eigenvalue weighted by atomic mass is 10.0. The van der Waals surface area contributed by atoms with Crippen LogP contribution in [0.2, 0.25) is 0 Å². The van der Waals surface area contributed by atoms with E-state index in [9.17, 15) is 0 Å². The summed E-state index contributed by atoms with van der Waals surface area (Å²) >= 11 is 1.81. The smallest absolute Gasteiger partial charge is 0.0393 e. The molecule has 3 rings (SSSR count). The van der Waals surface area contributed by atoms with E-state index < -0.39 is 0 Å². The predicted molar refractivity (Wildman–Crippen MR) is 111 cm³/mol. The highest BCUT2D eigenvalue weighted by Crippen LogP contribution is 2.37. The molecule has 2 aromatic carbocycles. The van der Waals surface area contributed by atoms with E-state index in [0.29, 0.717) is 5.92 Å². The van der Waals surface area contributed by atoms with Crippen molar-refractivity contribution < 1.29 is 0 Å². The summed E-state index contributed by atoms with van der Waals surface area (Å²) in [4.78, 5) is 2.53. The fourth-order valence-electron chi connectivity index (χ4n) is 3.38. The summed E-state index contributed by atoms with van der Waals surface area (Å²) in [7, 11) is 0. The van der Waals surface area contributed by atoms with Crippen molar-refractivity contribution in [3.05, 3.63) is 72.4 Å². The first-order chi connectivity index (χ1) is 12.0. The van der Waals surface area contributed by atoms with Gasteiger partial charge in [0.25, 0.3) is 0 Å². The van der Waals surface area contributed by atoms with Crippen molar-refractivity contribution in [3.63, 3.8) is 0 Å². The Morgan fingerprint density at radius 3 is 2.48 bits per heavy atom. The Morgan fingerprint density at radius 1 is 1.04 bits per heavy atom. The van der Waals surface area contributed by atoms with Gasteiger partial charge in [0.05, 0.1) is 0 Å². The average molecular weight is 350 g/mol. The van der Waals surface area contributed by atoms with E-state index in [0.717, 1.165) is 11.3 Å². The molecule has 2 aromatic rings. The Morgan fingerprint density at radius 2 is 1.76 bits per heavy atom. The quantitative estimate of drug-likeness (QED) is 0.587. The predicted octanol–water partition coefficient (Wildman–Crippen LogP) is 7.30. The maximum atomic E-state index is 4.28. The third-order valence-electron chi connectivity index (χ3n) is 4.91. The van der Waals surface area contributed by atoms with Gasteiger partial charge in [0.1, 0.15) is 0 Å². The van der Waals surface area contributed by atoms with Gasteiger partial charge in [0.2, 0.25) is 0 Å². The zero-order valence-corrected chi connectivity index (χ0v) is 16.1. The van der Waals surface area contributed by atoms with Crippen LogP contribution in [0.4, 0.5) is 5.69 Å². The van der Waals surface area contributed by atoms with Crippen LogP contribution in [0.3, 0.4) is 0 Å². The summed E-state index contributed by atoms with van der Waals surface area (Å²) in [6.07, 6.45) is 5.20. The molecule has 0 heterocycles. The molecule has 25 heavy (non-hydrogen) atoms. The molecule has 0 unspecified atom stereocenters. The minimum atomic E-state index is 0.626. The first kappa shape index (κ1) is 17.9. The van der Waals surface area contributed by atoms with Gasteiger partial charge in [0.15, 0.2) is 0 Å². The molecule has 1 saturated carbocycles. The summed E-state index contributed by atoms with van der Waals surface area (Å²) in [5.41, 5.74) is 5.92. The lowest BCUT2D eigenvalue weighted by molar-refractivity contribution is 0.649. The van der Waals surface area contributed by atoms with Gasteiger partial charge in [-0.3, -0.25) is 0 Å². The molecule has 1 aliphatic carbocycles. The molecule has 0 spiro atoms. The first-order valence-corrected chi connectivity index (χ1v) is 9.85. The van der Waals surface area contributed by atoms with Crippen molar-refractivity contribution in [3.8, 4) is 0 Å². The molecule has 1 N–H and O–H groups in total. The fraction of sp³-hybridized carbons (Fsp3) is 0.304. The molecule has 2 heteroatoms. The molecule has 0 atom stereocenters. The number of hydrogen-bond acceptors (Lipinski definition) is 2. The van der Waals surface area contributed by atoms with Gasteiger partial charge in [-0.05, 0) is 67.5 Å². The van der Waals surface area contributed by atoms with Crippen LogP contribution in [0.15, 0.2) is 71.1 Å². The third kappa shape index (κ3) is 4.38. The van der Waals surface area contributed by atoms with E-state index in [2.05, 4.69) is 74.8 Å². The van der Waals surface area contributed by atoms with E-state index in [-0.39, 0.29) is 0 Å². The van der Waals surface area contributed by atoms with Crippen LogP contribution in [0.1, 0.15) is 43.7 Å². The highest BCUT2D eigenvalue weighted by Gasteiger charge is 2.18. The van der Waals surface area contributed by atoms with E-state index in [1.54, 1.807) is 0 Å². The van der Waals surface area contributed by atoms with E-state index in [1.807, 2.05) is 11.8 Å². The second kappa shape index (κ2) is 7.97. The number of aryl methyl sites for hydroxylation is 1. The minimum Gasteiger partial charge on any atom is -0.359 e. The lowest BCUT2D eigenvalue weighted by Crippen LogP contribution is -2.07. The monoisotopic (exact) mass is 349 g/mol. The number of rotatable bonds is 6. The topological polar surface area (TPSA) is 12.0 Å². The normalized spacial score (nSPS) is 14.5. The van der Waals surface area contributed by atoms with Crippen LogP contribution in [-0.4, -0.2) is 0 Å². The van der Waals surface area contributed by atoms with Gasteiger partial charge in [-0.15, -0.1) is 0 Å². The molecule has 0 aliphatic heterocycles. The lowest BCUT2D eigenvalue weighted by Gasteiger charge is -2.17.